The van der Waals surface area contributed by atoms with Crippen LogP contribution in [0, 0.1) is 0 Å². The smallest absolute Gasteiger partial charge is 0.242 e. The average Bonchev–Trinajstić information content (AvgIpc) is 3.22. The Labute approximate surface area is 170 Å². The topological polar surface area (TPSA) is 32.8 Å². The number of carbonyl (C=O) groups is 1. The molecule has 0 radical (unpaired) electrons. The van der Waals surface area contributed by atoms with Gasteiger partial charge in [0.15, 0.2) is 0 Å². The van der Waals surface area contributed by atoms with Gasteiger partial charge in [-0.2, -0.15) is 0 Å². The van der Waals surface area contributed by atoms with E-state index in [-0.39, 0.29) is 5.91 Å². The zero-order valence-electron chi connectivity index (χ0n) is 16.0. The number of nitrogens with zero attached hydrogens (tertiary/aromatic N) is 2. The van der Waals surface area contributed by atoms with Crippen molar-refractivity contribution in [3.8, 4) is 5.75 Å². The fraction of sp³-hybridized carbons (Fsp3) is 0.261. The Morgan fingerprint density at radius 2 is 1.89 bits per heavy atom. The van der Waals surface area contributed by atoms with E-state index in [9.17, 15) is 4.79 Å². The molecule has 3 aromatic rings. The maximum atomic E-state index is 13.1. The normalized spacial score (nSPS) is 13.1. The van der Waals surface area contributed by atoms with E-state index >= 15 is 0 Å². The van der Waals surface area contributed by atoms with E-state index in [1.165, 1.54) is 16.0 Å². The third-order valence-electron chi connectivity index (χ3n) is 5.14. The Hall–Kier alpha value is -2.79. The number of benzene rings is 2. The first-order valence-corrected chi connectivity index (χ1v) is 10.4. The Balaban J connectivity index is 1.52. The monoisotopic (exact) mass is 392 g/mol. The summed E-state index contributed by atoms with van der Waals surface area (Å²) >= 11 is 1.79. The summed E-state index contributed by atoms with van der Waals surface area (Å²) in [5.41, 5.74) is 3.50. The number of carbonyl (C=O) groups excluding carboxylic acids is 1. The van der Waals surface area contributed by atoms with Crippen molar-refractivity contribution in [3.63, 3.8) is 0 Å². The lowest BCUT2D eigenvalue weighted by Crippen LogP contribution is -2.42. The number of ether oxygens (including phenoxy) is 1. The van der Waals surface area contributed by atoms with Crippen molar-refractivity contribution < 1.29 is 9.53 Å². The molecule has 5 heteroatoms. The van der Waals surface area contributed by atoms with E-state index in [2.05, 4.69) is 28.5 Å². The third kappa shape index (κ3) is 4.20. The van der Waals surface area contributed by atoms with E-state index in [4.69, 9.17) is 4.74 Å². The van der Waals surface area contributed by atoms with Crippen molar-refractivity contribution in [3.05, 3.63) is 82.0 Å². The summed E-state index contributed by atoms with van der Waals surface area (Å²) in [7, 11) is 1.66. The van der Waals surface area contributed by atoms with Gasteiger partial charge in [0.1, 0.15) is 5.75 Å². The molecule has 0 saturated carbocycles. The van der Waals surface area contributed by atoms with Crippen molar-refractivity contribution in [2.75, 3.05) is 25.1 Å². The SMILES string of the molecule is COc1ccc(N(CC(=O)N2CCc3sccc3C2)Cc2ccccc2)cc1. The van der Waals surface area contributed by atoms with Crippen LogP contribution >= 0.6 is 11.3 Å². The highest BCUT2D eigenvalue weighted by atomic mass is 32.1. The third-order valence-corrected chi connectivity index (χ3v) is 6.16. The van der Waals surface area contributed by atoms with Gasteiger partial charge in [-0.3, -0.25) is 4.79 Å². The second kappa shape index (κ2) is 8.48. The van der Waals surface area contributed by atoms with Gasteiger partial charge in [-0.05, 0) is 53.3 Å². The van der Waals surface area contributed by atoms with Crippen LogP contribution in [0.3, 0.4) is 0 Å². The van der Waals surface area contributed by atoms with Crippen molar-refractivity contribution in [1.82, 2.24) is 4.90 Å². The van der Waals surface area contributed by atoms with Gasteiger partial charge < -0.3 is 14.5 Å². The number of fused-ring (bicyclic) bond motifs is 1. The van der Waals surface area contributed by atoms with Crippen LogP contribution in [0.5, 0.6) is 5.75 Å². The molecule has 28 heavy (non-hydrogen) atoms. The van der Waals surface area contributed by atoms with Crippen LogP contribution in [0.4, 0.5) is 5.69 Å². The molecule has 0 atom stereocenters. The molecule has 1 aromatic heterocycles. The van der Waals surface area contributed by atoms with E-state index in [1.54, 1.807) is 18.4 Å². The number of hydrogen-bond donors (Lipinski definition) is 0. The molecule has 0 bridgehead atoms. The number of amides is 1. The molecule has 144 valence electrons. The highest BCUT2D eigenvalue weighted by molar-refractivity contribution is 7.10. The lowest BCUT2D eigenvalue weighted by molar-refractivity contribution is -0.130. The fourth-order valence-corrected chi connectivity index (χ4v) is 4.45. The molecule has 4 nitrogen and oxygen atoms in total. The standard InChI is InChI=1S/C23H24N2O2S/c1-27-21-9-7-20(8-10-21)25(15-18-5-3-2-4-6-18)17-23(26)24-13-11-22-19(16-24)12-14-28-22/h2-10,12,14H,11,13,15-17H2,1H3. The van der Waals surface area contributed by atoms with Crippen molar-refractivity contribution in [1.29, 1.82) is 0 Å². The Morgan fingerprint density at radius 1 is 1.11 bits per heavy atom. The molecule has 1 amide bonds. The minimum absolute atomic E-state index is 0.170. The summed E-state index contributed by atoms with van der Waals surface area (Å²) in [4.78, 5) is 18.6. The van der Waals surface area contributed by atoms with Crippen LogP contribution in [0.15, 0.2) is 66.0 Å². The molecule has 0 unspecified atom stereocenters. The first-order valence-electron chi connectivity index (χ1n) is 9.49. The minimum Gasteiger partial charge on any atom is -0.497 e. The maximum absolute atomic E-state index is 13.1. The van der Waals surface area contributed by atoms with Gasteiger partial charge in [0.2, 0.25) is 5.91 Å². The van der Waals surface area contributed by atoms with Crippen LogP contribution in [-0.2, 0) is 24.3 Å². The van der Waals surface area contributed by atoms with E-state index in [0.717, 1.165) is 30.9 Å². The van der Waals surface area contributed by atoms with Crippen LogP contribution in [0.25, 0.3) is 0 Å². The predicted octanol–water partition coefficient (Wildman–Crippen LogP) is 4.35. The van der Waals surface area contributed by atoms with Crippen LogP contribution in [0.1, 0.15) is 16.0 Å². The molecule has 0 spiro atoms. The number of methoxy groups -OCH3 is 1. The highest BCUT2D eigenvalue weighted by Crippen LogP contribution is 2.25. The quantitative estimate of drug-likeness (QED) is 0.625. The molecule has 1 aliphatic rings. The summed E-state index contributed by atoms with van der Waals surface area (Å²) in [5.74, 6) is 0.986. The second-order valence-corrected chi connectivity index (χ2v) is 7.97. The summed E-state index contributed by atoms with van der Waals surface area (Å²) in [6.07, 6.45) is 0.958. The molecule has 4 rings (SSSR count). The van der Waals surface area contributed by atoms with Crippen molar-refractivity contribution in [2.45, 2.75) is 19.5 Å². The first kappa shape index (κ1) is 18.6. The molecule has 0 aliphatic carbocycles. The number of thiophene rings is 1. The Morgan fingerprint density at radius 3 is 2.64 bits per heavy atom. The van der Waals surface area contributed by atoms with Gasteiger partial charge in [0, 0.05) is 30.2 Å². The van der Waals surface area contributed by atoms with E-state index < -0.39 is 0 Å². The molecule has 0 fully saturated rings. The summed E-state index contributed by atoms with van der Waals surface area (Å²) in [5, 5.41) is 2.12. The lowest BCUT2D eigenvalue weighted by atomic mass is 10.1. The Bertz CT molecular complexity index is 921. The fourth-order valence-electron chi connectivity index (χ4n) is 3.56. The van der Waals surface area contributed by atoms with Crippen LogP contribution in [-0.4, -0.2) is 31.0 Å². The highest BCUT2D eigenvalue weighted by Gasteiger charge is 2.23. The van der Waals surface area contributed by atoms with Crippen LogP contribution in [0.2, 0.25) is 0 Å². The summed E-state index contributed by atoms with van der Waals surface area (Å²) < 4.78 is 5.28. The predicted molar refractivity (Wildman–Crippen MR) is 114 cm³/mol. The first-order chi connectivity index (χ1) is 13.7. The molecular weight excluding hydrogens is 368 g/mol. The van der Waals surface area contributed by atoms with Crippen LogP contribution < -0.4 is 9.64 Å². The molecule has 0 N–H and O–H groups in total. The zero-order valence-corrected chi connectivity index (χ0v) is 16.8. The molecular formula is C23H24N2O2S. The van der Waals surface area contributed by atoms with Gasteiger partial charge in [-0.25, -0.2) is 0 Å². The van der Waals surface area contributed by atoms with E-state index in [1.807, 2.05) is 47.4 Å². The summed E-state index contributed by atoms with van der Waals surface area (Å²) in [6.45, 7) is 2.57. The Kier molecular flexibility index (Phi) is 5.63. The van der Waals surface area contributed by atoms with Gasteiger partial charge >= 0.3 is 0 Å². The van der Waals surface area contributed by atoms with Gasteiger partial charge in [-0.1, -0.05) is 30.3 Å². The van der Waals surface area contributed by atoms with Gasteiger partial charge in [0.05, 0.1) is 13.7 Å². The molecule has 2 heterocycles. The number of hydrogen-bond acceptors (Lipinski definition) is 4. The molecule has 2 aromatic carbocycles. The number of anilines is 1. The molecule has 0 saturated heterocycles. The van der Waals surface area contributed by atoms with Gasteiger partial charge in [-0.15, -0.1) is 11.3 Å². The second-order valence-electron chi connectivity index (χ2n) is 6.97. The maximum Gasteiger partial charge on any atom is 0.242 e. The molecule has 1 aliphatic heterocycles. The average molecular weight is 393 g/mol. The van der Waals surface area contributed by atoms with Crippen molar-refractivity contribution in [2.24, 2.45) is 0 Å². The largest absolute Gasteiger partial charge is 0.497 e. The number of rotatable bonds is 6. The summed E-state index contributed by atoms with van der Waals surface area (Å²) in [6, 6.07) is 20.3. The lowest BCUT2D eigenvalue weighted by Gasteiger charge is -2.31. The van der Waals surface area contributed by atoms with Gasteiger partial charge in [0.25, 0.3) is 0 Å². The van der Waals surface area contributed by atoms with Crippen molar-refractivity contribution >= 4 is 22.9 Å². The minimum atomic E-state index is 0.170. The van der Waals surface area contributed by atoms with E-state index in [0.29, 0.717) is 13.1 Å². The zero-order chi connectivity index (χ0) is 19.3.